The van der Waals surface area contributed by atoms with E-state index in [1.54, 1.807) is 13.8 Å². The number of carbonyl (C=O) groups excluding carboxylic acids is 2. The third-order valence-corrected chi connectivity index (χ3v) is 1.69. The van der Waals surface area contributed by atoms with Gasteiger partial charge in [0.15, 0.2) is 5.78 Å². The molecule has 3 heteroatoms. The van der Waals surface area contributed by atoms with Crippen LogP contribution in [0.2, 0.25) is 0 Å². The minimum absolute atomic E-state index is 0.212. The number of carbonyl (C=O) groups is 2. The molecular weight excluding hydrogens is 154 g/mol. The van der Waals surface area contributed by atoms with E-state index in [0.29, 0.717) is 11.1 Å². The number of hydrogen-bond donors (Lipinski definition) is 1. The zero-order chi connectivity index (χ0) is 9.72. The number of allylic oxidation sites excluding steroid dienone is 2. The lowest BCUT2D eigenvalue weighted by Crippen LogP contribution is -2.20. The minimum Gasteiger partial charge on any atom is -0.355 e. The SMILES string of the molecule is C=CC(=O)C(C)=C(C)C(=O)NC. The van der Waals surface area contributed by atoms with Crippen LogP contribution in [0, 0.1) is 0 Å². The van der Waals surface area contributed by atoms with E-state index in [1.807, 2.05) is 0 Å². The van der Waals surface area contributed by atoms with Crippen molar-refractivity contribution in [2.75, 3.05) is 7.05 Å². The van der Waals surface area contributed by atoms with Gasteiger partial charge in [-0.05, 0) is 19.9 Å². The highest BCUT2D eigenvalue weighted by Gasteiger charge is 2.08. The fraction of sp³-hybridized carbons (Fsp3) is 0.333. The Kier molecular flexibility index (Phi) is 3.97. The maximum Gasteiger partial charge on any atom is 0.247 e. The topological polar surface area (TPSA) is 46.2 Å². The largest absolute Gasteiger partial charge is 0.355 e. The van der Waals surface area contributed by atoms with Gasteiger partial charge in [-0.1, -0.05) is 6.58 Å². The van der Waals surface area contributed by atoms with Crippen molar-refractivity contribution in [3.05, 3.63) is 23.8 Å². The standard InChI is InChI=1S/C9H13NO2/c1-5-8(11)6(2)7(3)9(12)10-4/h5H,1H2,2-4H3,(H,10,12). The van der Waals surface area contributed by atoms with E-state index in [-0.39, 0.29) is 11.7 Å². The second-order valence-corrected chi connectivity index (χ2v) is 2.40. The van der Waals surface area contributed by atoms with Crippen LogP contribution in [0.3, 0.4) is 0 Å². The second kappa shape index (κ2) is 4.49. The van der Waals surface area contributed by atoms with E-state index < -0.39 is 0 Å². The molecule has 0 unspecified atom stereocenters. The first-order valence-corrected chi connectivity index (χ1v) is 3.61. The molecule has 0 spiro atoms. The lowest BCUT2D eigenvalue weighted by Gasteiger charge is -2.02. The molecule has 0 aromatic rings. The van der Waals surface area contributed by atoms with Crippen LogP contribution in [0.5, 0.6) is 0 Å². The van der Waals surface area contributed by atoms with Crippen molar-refractivity contribution < 1.29 is 9.59 Å². The Morgan fingerprint density at radius 2 is 1.75 bits per heavy atom. The maximum absolute atomic E-state index is 11.0. The van der Waals surface area contributed by atoms with E-state index in [1.165, 1.54) is 13.1 Å². The normalized spacial score (nSPS) is 11.6. The van der Waals surface area contributed by atoms with Gasteiger partial charge in [-0.3, -0.25) is 9.59 Å². The van der Waals surface area contributed by atoms with E-state index in [0.717, 1.165) is 0 Å². The lowest BCUT2D eigenvalue weighted by atomic mass is 10.1. The molecule has 0 bridgehead atoms. The zero-order valence-electron chi connectivity index (χ0n) is 7.60. The van der Waals surface area contributed by atoms with Crippen LogP contribution in [0.25, 0.3) is 0 Å². The number of nitrogens with one attached hydrogen (secondary N) is 1. The molecule has 0 saturated heterocycles. The Morgan fingerprint density at radius 3 is 2.08 bits per heavy atom. The molecule has 0 fully saturated rings. The number of ketones is 1. The Morgan fingerprint density at radius 1 is 1.25 bits per heavy atom. The predicted octanol–water partition coefficient (Wildman–Crippen LogP) is 0.824. The van der Waals surface area contributed by atoms with Gasteiger partial charge in [-0.25, -0.2) is 0 Å². The van der Waals surface area contributed by atoms with Crippen LogP contribution in [0.4, 0.5) is 0 Å². The fourth-order valence-electron chi connectivity index (χ4n) is 0.696. The quantitative estimate of drug-likeness (QED) is 0.633. The highest BCUT2D eigenvalue weighted by atomic mass is 16.2. The third kappa shape index (κ3) is 2.34. The molecule has 3 nitrogen and oxygen atoms in total. The van der Waals surface area contributed by atoms with Gasteiger partial charge in [0.2, 0.25) is 5.91 Å². The summed E-state index contributed by atoms with van der Waals surface area (Å²) in [6, 6.07) is 0. The molecule has 1 N–H and O–H groups in total. The summed E-state index contributed by atoms with van der Waals surface area (Å²) >= 11 is 0. The molecule has 0 aromatic carbocycles. The Bertz CT molecular complexity index is 251. The molecule has 0 aliphatic rings. The van der Waals surface area contributed by atoms with Crippen molar-refractivity contribution >= 4 is 11.7 Å². The molecule has 66 valence electrons. The first-order valence-electron chi connectivity index (χ1n) is 3.61. The number of rotatable bonds is 3. The fourth-order valence-corrected chi connectivity index (χ4v) is 0.696. The summed E-state index contributed by atoms with van der Waals surface area (Å²) < 4.78 is 0. The second-order valence-electron chi connectivity index (χ2n) is 2.40. The highest BCUT2D eigenvalue weighted by Crippen LogP contribution is 2.04. The first-order chi connectivity index (χ1) is 5.54. The molecule has 0 aromatic heterocycles. The van der Waals surface area contributed by atoms with Crippen LogP contribution in [0.1, 0.15) is 13.8 Å². The lowest BCUT2D eigenvalue weighted by molar-refractivity contribution is -0.118. The number of likely N-dealkylation sites (N-methyl/N-ethyl adjacent to an activating group) is 1. The van der Waals surface area contributed by atoms with Gasteiger partial charge in [0.25, 0.3) is 0 Å². The van der Waals surface area contributed by atoms with Crippen molar-refractivity contribution in [1.29, 1.82) is 0 Å². The zero-order valence-corrected chi connectivity index (χ0v) is 7.60. The van der Waals surface area contributed by atoms with Crippen molar-refractivity contribution in [2.24, 2.45) is 0 Å². The van der Waals surface area contributed by atoms with Gasteiger partial charge >= 0.3 is 0 Å². The monoisotopic (exact) mass is 167 g/mol. The predicted molar refractivity (Wildman–Crippen MR) is 47.6 cm³/mol. The van der Waals surface area contributed by atoms with E-state index in [9.17, 15) is 9.59 Å². The van der Waals surface area contributed by atoms with Gasteiger partial charge in [-0.2, -0.15) is 0 Å². The van der Waals surface area contributed by atoms with E-state index in [2.05, 4.69) is 11.9 Å². The number of amides is 1. The van der Waals surface area contributed by atoms with Crippen molar-refractivity contribution in [1.82, 2.24) is 5.32 Å². The molecule has 0 rings (SSSR count). The molecule has 0 atom stereocenters. The number of hydrogen-bond acceptors (Lipinski definition) is 2. The van der Waals surface area contributed by atoms with Gasteiger partial charge in [0, 0.05) is 18.2 Å². The van der Waals surface area contributed by atoms with E-state index in [4.69, 9.17) is 0 Å². The molecule has 1 amide bonds. The molecule has 12 heavy (non-hydrogen) atoms. The van der Waals surface area contributed by atoms with Gasteiger partial charge < -0.3 is 5.32 Å². The Hall–Kier alpha value is -1.38. The summed E-state index contributed by atoms with van der Waals surface area (Å²) in [5.74, 6) is -0.446. The van der Waals surface area contributed by atoms with Crippen molar-refractivity contribution in [3.63, 3.8) is 0 Å². The average Bonchev–Trinajstić information content (AvgIpc) is 2.12. The summed E-state index contributed by atoms with van der Waals surface area (Å²) in [6.45, 7) is 6.55. The van der Waals surface area contributed by atoms with Gasteiger partial charge in [0.1, 0.15) is 0 Å². The molecular formula is C9H13NO2. The Balaban J connectivity index is 4.80. The average molecular weight is 167 g/mol. The smallest absolute Gasteiger partial charge is 0.247 e. The van der Waals surface area contributed by atoms with Crippen molar-refractivity contribution in [2.45, 2.75) is 13.8 Å². The summed E-state index contributed by atoms with van der Waals surface area (Å²) in [7, 11) is 1.53. The third-order valence-electron chi connectivity index (χ3n) is 1.69. The van der Waals surface area contributed by atoms with Crippen LogP contribution in [0.15, 0.2) is 23.8 Å². The van der Waals surface area contributed by atoms with Gasteiger partial charge in [-0.15, -0.1) is 0 Å². The van der Waals surface area contributed by atoms with Crippen LogP contribution < -0.4 is 5.32 Å². The van der Waals surface area contributed by atoms with Crippen LogP contribution in [-0.2, 0) is 9.59 Å². The summed E-state index contributed by atoms with van der Waals surface area (Å²) in [4.78, 5) is 22.0. The molecule has 0 radical (unpaired) electrons. The first kappa shape index (κ1) is 10.6. The minimum atomic E-state index is -0.234. The molecule has 0 aliphatic carbocycles. The summed E-state index contributed by atoms with van der Waals surface area (Å²) in [5, 5.41) is 2.44. The molecule has 0 saturated carbocycles. The van der Waals surface area contributed by atoms with Gasteiger partial charge in [0.05, 0.1) is 0 Å². The van der Waals surface area contributed by atoms with Crippen LogP contribution >= 0.6 is 0 Å². The molecule has 0 aliphatic heterocycles. The maximum atomic E-state index is 11.0. The highest BCUT2D eigenvalue weighted by molar-refractivity contribution is 6.09. The Labute approximate surface area is 72.2 Å². The summed E-state index contributed by atoms with van der Waals surface area (Å²) in [6.07, 6.45) is 1.20. The molecule has 0 heterocycles. The summed E-state index contributed by atoms with van der Waals surface area (Å²) in [5.41, 5.74) is 0.867. The van der Waals surface area contributed by atoms with Crippen LogP contribution in [-0.4, -0.2) is 18.7 Å². The van der Waals surface area contributed by atoms with Crippen molar-refractivity contribution in [3.8, 4) is 0 Å². The van der Waals surface area contributed by atoms with E-state index >= 15 is 0 Å².